The molecule has 0 atom stereocenters. The number of carbonyl (C=O) groups is 1. The van der Waals surface area contributed by atoms with Crippen LogP contribution >= 0.6 is 0 Å². The molecule has 7 nitrogen and oxygen atoms in total. The van der Waals surface area contributed by atoms with Gasteiger partial charge in [0.25, 0.3) is 5.91 Å². The lowest BCUT2D eigenvalue weighted by molar-refractivity contribution is 0.102. The van der Waals surface area contributed by atoms with E-state index in [1.165, 1.54) is 12.4 Å². The lowest BCUT2D eigenvalue weighted by atomic mass is 10.2. The average Bonchev–Trinajstić information content (AvgIpc) is 2.42. The molecule has 0 radical (unpaired) electrons. The SMILES string of the molecule is NS(=O)(=O)c1cc(F)c(NC(=O)c2cnccn2)c(F)c1. The number of rotatable bonds is 3. The molecule has 0 aliphatic rings. The number of primary sulfonamides is 1. The van der Waals surface area contributed by atoms with Crippen molar-refractivity contribution >= 4 is 21.6 Å². The smallest absolute Gasteiger partial charge is 0.276 e. The molecule has 1 aromatic heterocycles. The Morgan fingerprint density at radius 2 is 1.81 bits per heavy atom. The third kappa shape index (κ3) is 3.35. The Hall–Kier alpha value is -2.46. The van der Waals surface area contributed by atoms with Crippen LogP contribution in [-0.2, 0) is 10.0 Å². The molecule has 1 amide bonds. The zero-order valence-corrected chi connectivity index (χ0v) is 11.1. The fourth-order valence-electron chi connectivity index (χ4n) is 1.43. The molecule has 0 saturated carbocycles. The van der Waals surface area contributed by atoms with Gasteiger partial charge in [-0.05, 0) is 12.1 Å². The molecule has 0 spiro atoms. The van der Waals surface area contributed by atoms with Gasteiger partial charge in [0.15, 0.2) is 11.6 Å². The standard InChI is InChI=1S/C11H8F2N4O3S/c12-7-3-6(21(14,19)20)4-8(13)10(7)17-11(18)9-5-15-1-2-16-9/h1-5H,(H,17,18)(H2,14,19,20). The number of nitrogens with two attached hydrogens (primary N) is 1. The van der Waals surface area contributed by atoms with Crippen molar-refractivity contribution in [3.8, 4) is 0 Å². The third-order valence-electron chi connectivity index (χ3n) is 2.38. The van der Waals surface area contributed by atoms with E-state index >= 15 is 0 Å². The summed E-state index contributed by atoms with van der Waals surface area (Å²) < 4.78 is 49.5. The van der Waals surface area contributed by atoms with Gasteiger partial charge in [0.05, 0.1) is 11.1 Å². The van der Waals surface area contributed by atoms with Crippen molar-refractivity contribution in [3.05, 3.63) is 48.1 Å². The van der Waals surface area contributed by atoms with Crippen LogP contribution in [0.15, 0.2) is 35.6 Å². The Balaban J connectivity index is 2.36. The van der Waals surface area contributed by atoms with Gasteiger partial charge in [0, 0.05) is 12.4 Å². The number of anilines is 1. The van der Waals surface area contributed by atoms with Crippen LogP contribution in [0.1, 0.15) is 10.5 Å². The van der Waals surface area contributed by atoms with Crippen molar-refractivity contribution in [3.63, 3.8) is 0 Å². The molecule has 10 heteroatoms. The Labute approximate surface area is 117 Å². The summed E-state index contributed by atoms with van der Waals surface area (Å²) in [5.74, 6) is -3.46. The number of benzene rings is 1. The van der Waals surface area contributed by atoms with Crippen LogP contribution in [0.25, 0.3) is 0 Å². The second kappa shape index (κ2) is 5.50. The first-order chi connectivity index (χ1) is 9.79. The molecule has 0 saturated heterocycles. The lowest BCUT2D eigenvalue weighted by Crippen LogP contribution is -2.17. The highest BCUT2D eigenvalue weighted by atomic mass is 32.2. The topological polar surface area (TPSA) is 115 Å². The van der Waals surface area contributed by atoms with Crippen LogP contribution in [0.2, 0.25) is 0 Å². The molecule has 2 rings (SSSR count). The van der Waals surface area contributed by atoms with Crippen LogP contribution < -0.4 is 10.5 Å². The number of aromatic nitrogens is 2. The number of hydrogen-bond acceptors (Lipinski definition) is 5. The van der Waals surface area contributed by atoms with Gasteiger partial charge in [-0.3, -0.25) is 9.78 Å². The highest BCUT2D eigenvalue weighted by Gasteiger charge is 2.19. The summed E-state index contributed by atoms with van der Waals surface area (Å²) >= 11 is 0. The third-order valence-corrected chi connectivity index (χ3v) is 3.27. The molecular weight excluding hydrogens is 306 g/mol. The molecule has 110 valence electrons. The summed E-state index contributed by atoms with van der Waals surface area (Å²) in [4.78, 5) is 18.3. The summed E-state index contributed by atoms with van der Waals surface area (Å²) in [6.07, 6.45) is 3.65. The van der Waals surface area contributed by atoms with E-state index in [2.05, 4.69) is 9.97 Å². The second-order valence-corrected chi connectivity index (χ2v) is 5.41. The van der Waals surface area contributed by atoms with E-state index < -0.39 is 38.1 Å². The van der Waals surface area contributed by atoms with Gasteiger partial charge in [0.1, 0.15) is 11.4 Å². The highest BCUT2D eigenvalue weighted by Crippen LogP contribution is 2.23. The van der Waals surface area contributed by atoms with Gasteiger partial charge in [-0.2, -0.15) is 0 Å². The van der Waals surface area contributed by atoms with Gasteiger partial charge in [0.2, 0.25) is 10.0 Å². The monoisotopic (exact) mass is 314 g/mol. The van der Waals surface area contributed by atoms with Crippen LogP contribution in [0.4, 0.5) is 14.5 Å². The number of amides is 1. The highest BCUT2D eigenvalue weighted by molar-refractivity contribution is 7.89. The minimum Gasteiger partial charge on any atom is -0.316 e. The summed E-state index contributed by atoms with van der Waals surface area (Å²) in [5.41, 5.74) is -0.968. The first-order valence-corrected chi connectivity index (χ1v) is 6.93. The van der Waals surface area contributed by atoms with E-state index in [1.54, 1.807) is 0 Å². The van der Waals surface area contributed by atoms with Gasteiger partial charge < -0.3 is 5.32 Å². The Kier molecular flexibility index (Phi) is 3.91. The van der Waals surface area contributed by atoms with Gasteiger partial charge in [-0.1, -0.05) is 0 Å². The number of nitrogens with zero attached hydrogens (tertiary/aromatic N) is 2. The van der Waals surface area contributed by atoms with E-state index in [9.17, 15) is 22.0 Å². The molecule has 21 heavy (non-hydrogen) atoms. The van der Waals surface area contributed by atoms with Crippen molar-refractivity contribution in [2.24, 2.45) is 5.14 Å². The summed E-state index contributed by atoms with van der Waals surface area (Å²) in [5, 5.41) is 6.72. The Morgan fingerprint density at radius 3 is 2.29 bits per heavy atom. The lowest BCUT2D eigenvalue weighted by Gasteiger charge is -2.08. The van der Waals surface area contributed by atoms with E-state index in [0.29, 0.717) is 12.1 Å². The van der Waals surface area contributed by atoms with Crippen LogP contribution in [0.5, 0.6) is 0 Å². The van der Waals surface area contributed by atoms with Gasteiger partial charge in [-0.15, -0.1) is 0 Å². The zero-order valence-electron chi connectivity index (χ0n) is 10.2. The van der Waals surface area contributed by atoms with Gasteiger partial charge >= 0.3 is 0 Å². The normalized spacial score (nSPS) is 11.2. The first-order valence-electron chi connectivity index (χ1n) is 5.38. The molecule has 0 bridgehead atoms. The number of hydrogen-bond donors (Lipinski definition) is 2. The van der Waals surface area contributed by atoms with Crippen LogP contribution in [-0.4, -0.2) is 24.3 Å². The summed E-state index contributed by atoms with van der Waals surface area (Å²) in [6, 6.07) is 1.01. The fourth-order valence-corrected chi connectivity index (χ4v) is 1.96. The van der Waals surface area contributed by atoms with Crippen LogP contribution in [0.3, 0.4) is 0 Å². The van der Waals surface area contributed by atoms with E-state index in [0.717, 1.165) is 6.20 Å². The van der Waals surface area contributed by atoms with Crippen molar-refractivity contribution in [2.75, 3.05) is 5.32 Å². The molecule has 0 fully saturated rings. The molecule has 0 aliphatic heterocycles. The largest absolute Gasteiger partial charge is 0.316 e. The quantitative estimate of drug-likeness (QED) is 0.863. The predicted octanol–water partition coefficient (Wildman–Crippen LogP) is 0.655. The van der Waals surface area contributed by atoms with Crippen molar-refractivity contribution in [1.82, 2.24) is 9.97 Å². The number of halogens is 2. The van der Waals surface area contributed by atoms with Crippen molar-refractivity contribution in [2.45, 2.75) is 4.90 Å². The van der Waals surface area contributed by atoms with Crippen molar-refractivity contribution in [1.29, 1.82) is 0 Å². The fraction of sp³-hybridized carbons (Fsp3) is 0. The summed E-state index contributed by atoms with van der Waals surface area (Å²) in [6.45, 7) is 0. The molecule has 2 aromatic rings. The predicted molar refractivity (Wildman–Crippen MR) is 67.7 cm³/mol. The second-order valence-electron chi connectivity index (χ2n) is 3.85. The maximum absolute atomic E-state index is 13.7. The molecule has 1 aromatic carbocycles. The molecule has 3 N–H and O–H groups in total. The average molecular weight is 314 g/mol. The summed E-state index contributed by atoms with van der Waals surface area (Å²) in [7, 11) is -4.26. The number of nitrogens with one attached hydrogen (secondary N) is 1. The molecule has 0 aliphatic carbocycles. The number of sulfonamides is 1. The minimum absolute atomic E-state index is 0.160. The maximum Gasteiger partial charge on any atom is 0.276 e. The van der Waals surface area contributed by atoms with Crippen LogP contribution in [0, 0.1) is 11.6 Å². The Morgan fingerprint density at radius 1 is 1.19 bits per heavy atom. The zero-order chi connectivity index (χ0) is 15.6. The molecular formula is C11H8F2N4O3S. The minimum atomic E-state index is -4.26. The number of carbonyl (C=O) groups excluding carboxylic acids is 1. The maximum atomic E-state index is 13.7. The van der Waals surface area contributed by atoms with Crippen molar-refractivity contribution < 1.29 is 22.0 Å². The van der Waals surface area contributed by atoms with E-state index in [1.807, 2.05) is 5.32 Å². The van der Waals surface area contributed by atoms with Gasteiger partial charge in [-0.25, -0.2) is 27.3 Å². The van der Waals surface area contributed by atoms with E-state index in [-0.39, 0.29) is 5.69 Å². The first kappa shape index (κ1) is 14.9. The molecule has 0 unspecified atom stereocenters. The van der Waals surface area contributed by atoms with E-state index in [4.69, 9.17) is 5.14 Å². The molecule has 1 heterocycles. The Bertz CT molecular complexity index is 773.